The predicted molar refractivity (Wildman–Crippen MR) is 119 cm³/mol. The fraction of sp³-hybridized carbons (Fsp3) is 0.0909. The number of nitrogens with zero attached hydrogens (tertiary/aromatic N) is 1. The molecule has 2 amide bonds. The van der Waals surface area contributed by atoms with Gasteiger partial charge in [-0.05, 0) is 54.1 Å². The highest BCUT2D eigenvalue weighted by molar-refractivity contribution is 9.10. The Morgan fingerprint density at radius 2 is 1.80 bits per heavy atom. The van der Waals surface area contributed by atoms with Gasteiger partial charge in [0, 0.05) is 20.7 Å². The van der Waals surface area contributed by atoms with Gasteiger partial charge in [0.25, 0.3) is 5.91 Å². The van der Waals surface area contributed by atoms with Crippen molar-refractivity contribution in [1.82, 2.24) is 4.90 Å². The summed E-state index contributed by atoms with van der Waals surface area (Å²) in [6, 6.07) is 15.2. The third kappa shape index (κ3) is 4.08. The fourth-order valence-electron chi connectivity index (χ4n) is 3.49. The van der Waals surface area contributed by atoms with E-state index in [1.165, 1.54) is 29.2 Å². The van der Waals surface area contributed by atoms with Crippen LogP contribution in [0.3, 0.4) is 0 Å². The van der Waals surface area contributed by atoms with Crippen molar-refractivity contribution in [3.05, 3.63) is 97.7 Å². The highest BCUT2D eigenvalue weighted by Crippen LogP contribution is 2.38. The predicted octanol–water partition coefficient (Wildman–Crippen LogP) is 6.08. The van der Waals surface area contributed by atoms with Crippen molar-refractivity contribution in [3.63, 3.8) is 0 Å². The van der Waals surface area contributed by atoms with Gasteiger partial charge in [-0.2, -0.15) is 0 Å². The molecular formula is C22H14BrCl2FN2O2. The van der Waals surface area contributed by atoms with Crippen molar-refractivity contribution in [2.24, 2.45) is 0 Å². The van der Waals surface area contributed by atoms with Crippen LogP contribution in [-0.4, -0.2) is 23.3 Å². The number of carbonyl (C=O) groups excluding carboxylic acids is 2. The molecule has 1 aliphatic rings. The molecule has 1 N–H and O–H groups in total. The van der Waals surface area contributed by atoms with E-state index in [2.05, 4.69) is 21.2 Å². The molecule has 1 unspecified atom stereocenters. The first kappa shape index (κ1) is 20.8. The number of fused-ring (bicyclic) bond motifs is 1. The maximum Gasteiger partial charge on any atom is 0.256 e. The molecule has 0 saturated heterocycles. The van der Waals surface area contributed by atoms with E-state index in [9.17, 15) is 14.0 Å². The number of anilines is 1. The minimum Gasteiger partial charge on any atom is -0.324 e. The van der Waals surface area contributed by atoms with Crippen LogP contribution in [0.2, 0.25) is 10.0 Å². The fourth-order valence-corrected chi connectivity index (χ4v) is 4.24. The van der Waals surface area contributed by atoms with E-state index < -0.39 is 17.8 Å². The lowest BCUT2D eigenvalue weighted by Crippen LogP contribution is -2.39. The van der Waals surface area contributed by atoms with Crippen LogP contribution in [-0.2, 0) is 4.79 Å². The number of rotatable bonds is 2. The molecule has 0 aromatic heterocycles. The average Bonchev–Trinajstić information content (AvgIpc) is 2.85. The molecule has 0 radical (unpaired) electrons. The van der Waals surface area contributed by atoms with Crippen molar-refractivity contribution in [3.8, 4) is 0 Å². The SMILES string of the molecule is O=C1CN(C(=O)c2cc(Cl)ccc2Cl)C(c2ccc(F)cc2)c2cc(Br)ccc2N1. The van der Waals surface area contributed by atoms with Crippen LogP contribution in [0, 0.1) is 5.82 Å². The van der Waals surface area contributed by atoms with Crippen LogP contribution >= 0.6 is 39.1 Å². The highest BCUT2D eigenvalue weighted by Gasteiger charge is 2.34. The van der Waals surface area contributed by atoms with Crippen LogP contribution in [0.5, 0.6) is 0 Å². The van der Waals surface area contributed by atoms with Gasteiger partial charge in [-0.15, -0.1) is 0 Å². The summed E-state index contributed by atoms with van der Waals surface area (Å²) in [5.74, 6) is -1.21. The second-order valence-electron chi connectivity index (χ2n) is 6.79. The molecule has 0 spiro atoms. The van der Waals surface area contributed by atoms with Crippen LogP contribution in [0.25, 0.3) is 0 Å². The monoisotopic (exact) mass is 506 g/mol. The molecule has 0 bridgehead atoms. The smallest absolute Gasteiger partial charge is 0.256 e. The van der Waals surface area contributed by atoms with Gasteiger partial charge in [0.05, 0.1) is 16.6 Å². The Morgan fingerprint density at radius 1 is 1.07 bits per heavy atom. The zero-order valence-electron chi connectivity index (χ0n) is 15.3. The maximum atomic E-state index is 13.6. The molecule has 0 fully saturated rings. The standard InChI is InChI=1S/C22H14BrCl2FN2O2/c23-13-3-8-19-17(9-13)21(12-1-5-15(26)6-2-12)28(11-20(29)27-19)22(30)16-10-14(24)4-7-18(16)25/h1-10,21H,11H2,(H,27,29). The molecule has 3 aromatic carbocycles. The Balaban J connectivity index is 1.92. The first-order chi connectivity index (χ1) is 14.3. The summed E-state index contributed by atoms with van der Waals surface area (Å²) in [7, 11) is 0. The van der Waals surface area contributed by atoms with Crippen molar-refractivity contribution < 1.29 is 14.0 Å². The van der Waals surface area contributed by atoms with Crippen molar-refractivity contribution >= 4 is 56.6 Å². The van der Waals surface area contributed by atoms with Crippen molar-refractivity contribution in [2.75, 3.05) is 11.9 Å². The lowest BCUT2D eigenvalue weighted by Gasteiger charge is -2.31. The van der Waals surface area contributed by atoms with E-state index >= 15 is 0 Å². The molecule has 8 heteroatoms. The summed E-state index contributed by atoms with van der Waals surface area (Å²) >= 11 is 15.8. The van der Waals surface area contributed by atoms with Crippen molar-refractivity contribution in [1.29, 1.82) is 0 Å². The minimum atomic E-state index is -0.653. The van der Waals surface area contributed by atoms with Gasteiger partial charge in [0.2, 0.25) is 5.91 Å². The van der Waals surface area contributed by atoms with E-state index in [0.29, 0.717) is 21.8 Å². The van der Waals surface area contributed by atoms with E-state index in [4.69, 9.17) is 23.2 Å². The van der Waals surface area contributed by atoms with Crippen LogP contribution in [0.15, 0.2) is 65.1 Å². The Labute approximate surface area is 190 Å². The number of hydrogen-bond acceptors (Lipinski definition) is 2. The lowest BCUT2D eigenvalue weighted by atomic mass is 9.95. The summed E-state index contributed by atoms with van der Waals surface area (Å²) in [6.45, 7) is -0.212. The molecule has 30 heavy (non-hydrogen) atoms. The number of halogens is 4. The first-order valence-corrected chi connectivity index (χ1v) is 10.5. The highest BCUT2D eigenvalue weighted by atomic mass is 79.9. The topological polar surface area (TPSA) is 49.4 Å². The molecule has 1 aliphatic heterocycles. The molecule has 3 aromatic rings. The summed E-state index contributed by atoms with van der Waals surface area (Å²) in [4.78, 5) is 27.6. The molecule has 4 nitrogen and oxygen atoms in total. The van der Waals surface area contributed by atoms with Gasteiger partial charge in [-0.3, -0.25) is 9.59 Å². The minimum absolute atomic E-state index is 0.183. The largest absolute Gasteiger partial charge is 0.324 e. The average molecular weight is 508 g/mol. The van der Waals surface area contributed by atoms with E-state index in [1.54, 1.807) is 30.3 Å². The summed E-state index contributed by atoms with van der Waals surface area (Å²) < 4.78 is 14.4. The molecule has 0 aliphatic carbocycles. The van der Waals surface area contributed by atoms with Crippen LogP contribution in [0.1, 0.15) is 27.5 Å². The maximum absolute atomic E-state index is 13.6. The zero-order chi connectivity index (χ0) is 21.4. The number of benzene rings is 3. The number of hydrogen-bond donors (Lipinski definition) is 1. The first-order valence-electron chi connectivity index (χ1n) is 8.94. The number of nitrogens with one attached hydrogen (secondary N) is 1. The molecule has 1 atom stereocenters. The van der Waals surface area contributed by atoms with Gasteiger partial charge in [0.1, 0.15) is 12.4 Å². The normalized spacial score (nSPS) is 15.9. The second kappa shape index (κ2) is 8.38. The summed E-state index contributed by atoms with van der Waals surface area (Å²) in [6.07, 6.45) is 0. The van der Waals surface area contributed by atoms with Crippen LogP contribution in [0.4, 0.5) is 10.1 Å². The Bertz CT molecular complexity index is 1150. The lowest BCUT2D eigenvalue weighted by molar-refractivity contribution is -0.117. The van der Waals surface area contributed by atoms with E-state index in [1.807, 2.05) is 6.07 Å². The van der Waals surface area contributed by atoms with Crippen LogP contribution < -0.4 is 5.32 Å². The van der Waals surface area contributed by atoms with E-state index in [0.717, 1.165) is 4.47 Å². The third-order valence-electron chi connectivity index (χ3n) is 4.81. The zero-order valence-corrected chi connectivity index (χ0v) is 18.4. The quantitative estimate of drug-likeness (QED) is 0.457. The van der Waals surface area contributed by atoms with E-state index in [-0.39, 0.29) is 23.0 Å². The second-order valence-corrected chi connectivity index (χ2v) is 8.55. The van der Waals surface area contributed by atoms with Gasteiger partial charge >= 0.3 is 0 Å². The molecule has 4 rings (SSSR count). The molecule has 152 valence electrons. The number of amides is 2. The van der Waals surface area contributed by atoms with Gasteiger partial charge in [-0.1, -0.05) is 51.3 Å². The Hall–Kier alpha value is -2.41. The Morgan fingerprint density at radius 3 is 2.53 bits per heavy atom. The number of carbonyl (C=O) groups is 2. The molecule has 0 saturated carbocycles. The Kier molecular flexibility index (Phi) is 5.82. The van der Waals surface area contributed by atoms with Gasteiger partial charge < -0.3 is 10.2 Å². The molecular weight excluding hydrogens is 494 g/mol. The summed E-state index contributed by atoms with van der Waals surface area (Å²) in [5, 5.41) is 3.41. The van der Waals surface area contributed by atoms with Gasteiger partial charge in [-0.25, -0.2) is 4.39 Å². The summed E-state index contributed by atoms with van der Waals surface area (Å²) in [5.41, 5.74) is 2.10. The van der Waals surface area contributed by atoms with Crippen molar-refractivity contribution in [2.45, 2.75) is 6.04 Å². The van der Waals surface area contributed by atoms with Gasteiger partial charge in [0.15, 0.2) is 0 Å². The third-order valence-corrected chi connectivity index (χ3v) is 5.87. The molecule has 1 heterocycles.